The van der Waals surface area contributed by atoms with Crippen LogP contribution in [-0.2, 0) is 7.05 Å². The molecule has 3 aromatic heterocycles. The lowest BCUT2D eigenvalue weighted by Gasteiger charge is -2.07. The third-order valence-corrected chi connectivity index (χ3v) is 5.10. The van der Waals surface area contributed by atoms with Gasteiger partial charge in [0.2, 0.25) is 5.78 Å². The van der Waals surface area contributed by atoms with Crippen LogP contribution in [0.1, 0.15) is 46.7 Å². The Bertz CT molecular complexity index is 1050. The van der Waals surface area contributed by atoms with Gasteiger partial charge in [0.15, 0.2) is 11.7 Å². The molecule has 0 aromatic carbocycles. The van der Waals surface area contributed by atoms with Crippen LogP contribution in [0.3, 0.4) is 0 Å². The molecule has 0 unspecified atom stereocenters. The van der Waals surface area contributed by atoms with Crippen molar-refractivity contribution in [2.45, 2.75) is 24.7 Å². The summed E-state index contributed by atoms with van der Waals surface area (Å²) in [4.78, 5) is 36.6. The van der Waals surface area contributed by atoms with Crippen LogP contribution in [0.5, 0.6) is 0 Å². The second-order valence-electron chi connectivity index (χ2n) is 5.88. The van der Waals surface area contributed by atoms with Crippen LogP contribution in [0.15, 0.2) is 22.6 Å². The fourth-order valence-corrected chi connectivity index (χ4v) is 3.82. The number of nitrogens with zero attached hydrogens (tertiary/aromatic N) is 4. The third-order valence-electron chi connectivity index (χ3n) is 4.21. The number of aromatic nitrogens is 4. The van der Waals surface area contributed by atoms with Gasteiger partial charge in [0.25, 0.3) is 5.56 Å². The summed E-state index contributed by atoms with van der Waals surface area (Å²) in [5.74, 6) is -0.990. The summed E-state index contributed by atoms with van der Waals surface area (Å²) in [6.45, 7) is 0. The Balaban J connectivity index is 1.80. The lowest BCUT2D eigenvalue weighted by Crippen LogP contribution is -2.21. The van der Waals surface area contributed by atoms with Gasteiger partial charge in [0.05, 0.1) is 11.5 Å². The molecule has 4 rings (SSSR count). The summed E-state index contributed by atoms with van der Waals surface area (Å²) in [5.41, 5.74) is 0.741. The first-order valence-corrected chi connectivity index (χ1v) is 8.40. The number of aromatic amines is 1. The van der Waals surface area contributed by atoms with Crippen LogP contribution >= 0.6 is 11.3 Å². The van der Waals surface area contributed by atoms with Crippen molar-refractivity contribution in [2.75, 3.05) is 0 Å². The van der Waals surface area contributed by atoms with Crippen molar-refractivity contribution < 1.29 is 4.79 Å². The largest absolute Gasteiger partial charge is 0.332 e. The Morgan fingerprint density at radius 1 is 1.54 bits per heavy atom. The van der Waals surface area contributed by atoms with Gasteiger partial charge in [-0.3, -0.25) is 9.59 Å². The molecule has 8 heteroatoms. The zero-order chi connectivity index (χ0) is 16.8. The fourth-order valence-electron chi connectivity index (χ4n) is 2.79. The number of fused-ring (bicyclic) bond motifs is 1. The molecular weight excluding hydrogens is 326 g/mol. The SMILES string of the molecule is Cn1ccnc1C(=O)[C@H](C#N)c1nc2scc(C3CC3)c2c(=O)[nH]1. The van der Waals surface area contributed by atoms with Crippen LogP contribution in [-0.4, -0.2) is 25.3 Å². The average Bonchev–Trinajstić information content (AvgIpc) is 3.16. The zero-order valence-corrected chi connectivity index (χ0v) is 13.6. The molecule has 1 aliphatic carbocycles. The molecule has 0 aliphatic heterocycles. The molecule has 24 heavy (non-hydrogen) atoms. The lowest BCUT2D eigenvalue weighted by molar-refractivity contribution is 0.0963. The van der Waals surface area contributed by atoms with E-state index in [1.54, 1.807) is 17.8 Å². The van der Waals surface area contributed by atoms with Gasteiger partial charge in [-0.05, 0) is 29.7 Å². The van der Waals surface area contributed by atoms with E-state index in [1.165, 1.54) is 17.5 Å². The summed E-state index contributed by atoms with van der Waals surface area (Å²) in [7, 11) is 1.68. The normalized spacial score (nSPS) is 15.3. The number of aryl methyl sites for hydroxylation is 1. The quantitative estimate of drug-likeness (QED) is 0.733. The first-order valence-electron chi connectivity index (χ1n) is 7.52. The van der Waals surface area contributed by atoms with E-state index in [0.717, 1.165) is 18.4 Å². The summed E-state index contributed by atoms with van der Waals surface area (Å²) >= 11 is 1.38. The molecule has 1 saturated carbocycles. The molecule has 1 fully saturated rings. The summed E-state index contributed by atoms with van der Waals surface area (Å²) < 4.78 is 1.54. The van der Waals surface area contributed by atoms with E-state index in [4.69, 9.17) is 0 Å². The maximum Gasteiger partial charge on any atom is 0.259 e. The van der Waals surface area contributed by atoms with Crippen LogP contribution in [0, 0.1) is 11.3 Å². The molecule has 3 aromatic rings. The highest BCUT2D eigenvalue weighted by Crippen LogP contribution is 2.44. The highest BCUT2D eigenvalue weighted by Gasteiger charge is 2.31. The maximum atomic E-state index is 12.6. The number of nitriles is 1. The minimum absolute atomic E-state index is 0.0761. The standard InChI is InChI=1S/C16H13N5O2S/c1-21-5-4-18-14(21)12(22)9(6-17)13-19-15(23)11-10(8-2-3-8)7-24-16(11)20-13/h4-5,7-9H,2-3H2,1H3,(H,19,20,23)/t9-/m0/s1. The highest BCUT2D eigenvalue weighted by molar-refractivity contribution is 7.16. The molecule has 0 saturated heterocycles. The summed E-state index contributed by atoms with van der Waals surface area (Å²) in [5, 5.41) is 12.0. The second kappa shape index (κ2) is 5.39. The molecule has 3 heterocycles. The van der Waals surface area contributed by atoms with Crippen LogP contribution in [0.2, 0.25) is 0 Å². The van der Waals surface area contributed by atoms with Gasteiger partial charge < -0.3 is 9.55 Å². The molecule has 1 atom stereocenters. The van der Waals surface area contributed by atoms with Crippen molar-refractivity contribution >= 4 is 27.3 Å². The zero-order valence-electron chi connectivity index (χ0n) is 12.8. The molecule has 120 valence electrons. The number of carbonyl (C=O) groups excluding carboxylic acids is 1. The number of H-pyrrole nitrogens is 1. The van der Waals surface area contributed by atoms with E-state index in [0.29, 0.717) is 16.1 Å². The Labute approximate surface area is 140 Å². The van der Waals surface area contributed by atoms with Crippen molar-refractivity contribution in [2.24, 2.45) is 7.05 Å². The number of carbonyl (C=O) groups is 1. The Kier molecular flexibility index (Phi) is 3.32. The van der Waals surface area contributed by atoms with Crippen LogP contribution in [0.4, 0.5) is 0 Å². The van der Waals surface area contributed by atoms with Crippen molar-refractivity contribution in [3.63, 3.8) is 0 Å². The van der Waals surface area contributed by atoms with Crippen LogP contribution in [0.25, 0.3) is 10.2 Å². The number of thiophene rings is 1. The topological polar surface area (TPSA) is 104 Å². The van der Waals surface area contributed by atoms with Gasteiger partial charge >= 0.3 is 0 Å². The fraction of sp³-hybridized carbons (Fsp3) is 0.312. The first-order chi connectivity index (χ1) is 11.6. The first kappa shape index (κ1) is 14.8. The lowest BCUT2D eigenvalue weighted by atomic mass is 10.0. The van der Waals surface area contributed by atoms with Crippen molar-refractivity contribution in [3.05, 3.63) is 45.3 Å². The Morgan fingerprint density at radius 3 is 2.96 bits per heavy atom. The summed E-state index contributed by atoms with van der Waals surface area (Å²) in [6.07, 6.45) is 5.29. The van der Waals surface area contributed by atoms with Gasteiger partial charge in [-0.25, -0.2) is 9.97 Å². The third kappa shape index (κ3) is 2.25. The predicted octanol–water partition coefficient (Wildman–Crippen LogP) is 2.09. The van der Waals surface area contributed by atoms with E-state index < -0.39 is 11.7 Å². The Morgan fingerprint density at radius 2 is 2.33 bits per heavy atom. The van der Waals surface area contributed by atoms with Crippen LogP contribution < -0.4 is 5.56 Å². The van der Waals surface area contributed by atoms with Gasteiger partial charge in [-0.2, -0.15) is 5.26 Å². The number of hydrogen-bond acceptors (Lipinski definition) is 6. The molecule has 0 bridgehead atoms. The van der Waals surface area contributed by atoms with Gasteiger partial charge in [-0.15, -0.1) is 11.3 Å². The van der Waals surface area contributed by atoms with E-state index in [9.17, 15) is 14.9 Å². The number of rotatable bonds is 4. The summed E-state index contributed by atoms with van der Waals surface area (Å²) in [6, 6.07) is 1.94. The molecule has 0 radical (unpaired) electrons. The molecule has 1 N–H and O–H groups in total. The van der Waals surface area contributed by atoms with E-state index in [1.807, 2.05) is 11.4 Å². The number of Topliss-reactive ketones (excluding diaryl/α,β-unsaturated/α-hetero) is 1. The second-order valence-corrected chi connectivity index (χ2v) is 6.74. The number of hydrogen-bond donors (Lipinski definition) is 1. The maximum absolute atomic E-state index is 12.6. The molecule has 0 amide bonds. The van der Waals surface area contributed by atoms with Gasteiger partial charge in [-0.1, -0.05) is 0 Å². The number of nitrogens with one attached hydrogen (secondary N) is 1. The van der Waals surface area contributed by atoms with Crippen molar-refractivity contribution in [1.82, 2.24) is 19.5 Å². The van der Waals surface area contributed by atoms with Gasteiger partial charge in [0, 0.05) is 19.4 Å². The highest BCUT2D eigenvalue weighted by atomic mass is 32.1. The number of ketones is 1. The predicted molar refractivity (Wildman–Crippen MR) is 88.1 cm³/mol. The van der Waals surface area contributed by atoms with Crippen molar-refractivity contribution in [1.29, 1.82) is 5.26 Å². The minimum atomic E-state index is -1.19. The number of imidazole rings is 1. The Hall–Kier alpha value is -2.79. The average molecular weight is 339 g/mol. The molecular formula is C16H13N5O2S. The monoisotopic (exact) mass is 339 g/mol. The van der Waals surface area contributed by atoms with E-state index in [2.05, 4.69) is 15.0 Å². The minimum Gasteiger partial charge on any atom is -0.332 e. The molecule has 1 aliphatic rings. The molecule has 0 spiro atoms. The van der Waals surface area contributed by atoms with E-state index in [-0.39, 0.29) is 17.2 Å². The molecule has 7 nitrogen and oxygen atoms in total. The van der Waals surface area contributed by atoms with Crippen molar-refractivity contribution in [3.8, 4) is 6.07 Å². The van der Waals surface area contributed by atoms with Gasteiger partial charge in [0.1, 0.15) is 10.7 Å². The smallest absolute Gasteiger partial charge is 0.259 e. The van der Waals surface area contributed by atoms with E-state index >= 15 is 0 Å².